The van der Waals surface area contributed by atoms with Crippen LogP contribution in [0.1, 0.15) is 5.56 Å². The molecule has 0 amide bonds. The van der Waals surface area contributed by atoms with Crippen LogP contribution < -0.4 is 0 Å². The van der Waals surface area contributed by atoms with Gasteiger partial charge >= 0.3 is 0 Å². The molecular formula is C11H11ClN. The van der Waals surface area contributed by atoms with Crippen molar-refractivity contribution in [2.24, 2.45) is 0 Å². The van der Waals surface area contributed by atoms with Gasteiger partial charge in [0.05, 0.1) is 0 Å². The van der Waals surface area contributed by atoms with Crippen molar-refractivity contribution in [2.75, 3.05) is 13.1 Å². The number of nitrogens with zero attached hydrogens (tertiary/aromatic N) is 1. The van der Waals surface area contributed by atoms with Crippen LogP contribution in [0.3, 0.4) is 0 Å². The van der Waals surface area contributed by atoms with Crippen molar-refractivity contribution in [3.8, 4) is 0 Å². The van der Waals surface area contributed by atoms with Gasteiger partial charge in [-0.3, -0.25) is 4.90 Å². The van der Waals surface area contributed by atoms with Crippen LogP contribution in [0.5, 0.6) is 0 Å². The summed E-state index contributed by atoms with van der Waals surface area (Å²) in [6.07, 6.45) is 4.37. The van der Waals surface area contributed by atoms with E-state index < -0.39 is 0 Å². The predicted molar refractivity (Wildman–Crippen MR) is 54.7 cm³/mol. The maximum Gasteiger partial charge on any atom is 0.0457 e. The number of benzene rings is 1. The van der Waals surface area contributed by atoms with Crippen molar-refractivity contribution >= 4 is 11.6 Å². The van der Waals surface area contributed by atoms with E-state index >= 15 is 0 Å². The highest BCUT2D eigenvalue weighted by Gasteiger charge is 2.08. The van der Waals surface area contributed by atoms with Crippen LogP contribution in [0.4, 0.5) is 0 Å². The standard InChI is InChI=1S/C11H11ClN/c12-11-6-2-1-5-10(11)9-13-7-3-4-8-13/h1,3-6H,7-9H2. The lowest BCUT2D eigenvalue weighted by molar-refractivity contribution is 0.345. The topological polar surface area (TPSA) is 3.24 Å². The molecule has 2 rings (SSSR count). The minimum absolute atomic E-state index is 0.814. The first-order valence-electron chi connectivity index (χ1n) is 4.38. The van der Waals surface area contributed by atoms with Crippen LogP contribution >= 0.6 is 11.6 Å². The second-order valence-corrected chi connectivity index (χ2v) is 3.59. The van der Waals surface area contributed by atoms with Crippen LogP contribution in [0.15, 0.2) is 30.4 Å². The molecule has 1 aliphatic rings. The first-order chi connectivity index (χ1) is 6.36. The van der Waals surface area contributed by atoms with Crippen molar-refractivity contribution in [3.05, 3.63) is 47.0 Å². The van der Waals surface area contributed by atoms with E-state index in [2.05, 4.69) is 23.1 Å². The fourth-order valence-corrected chi connectivity index (χ4v) is 1.65. The van der Waals surface area contributed by atoms with Crippen LogP contribution in [0, 0.1) is 6.07 Å². The van der Waals surface area contributed by atoms with Crippen LogP contribution in [-0.2, 0) is 6.54 Å². The van der Waals surface area contributed by atoms with Gasteiger partial charge in [0.1, 0.15) is 0 Å². The summed E-state index contributed by atoms with van der Waals surface area (Å²) in [5.74, 6) is 0. The number of rotatable bonds is 2. The average molecular weight is 193 g/mol. The molecular weight excluding hydrogens is 182 g/mol. The van der Waals surface area contributed by atoms with Crippen molar-refractivity contribution in [1.29, 1.82) is 0 Å². The third-order valence-corrected chi connectivity index (χ3v) is 2.54. The second-order valence-electron chi connectivity index (χ2n) is 3.18. The van der Waals surface area contributed by atoms with Gasteiger partial charge in [-0.2, -0.15) is 0 Å². The Balaban J connectivity index is 2.05. The van der Waals surface area contributed by atoms with Crippen molar-refractivity contribution < 1.29 is 0 Å². The molecule has 1 aromatic carbocycles. The third-order valence-electron chi connectivity index (χ3n) is 2.19. The van der Waals surface area contributed by atoms with Gasteiger partial charge in [0.25, 0.3) is 0 Å². The Kier molecular flexibility index (Phi) is 2.67. The normalized spacial score (nSPS) is 16.7. The molecule has 1 heterocycles. The van der Waals surface area contributed by atoms with Gasteiger partial charge in [-0.15, -0.1) is 0 Å². The molecule has 0 fully saturated rings. The fraction of sp³-hybridized carbons (Fsp3) is 0.273. The molecule has 0 aliphatic carbocycles. The summed E-state index contributed by atoms with van der Waals surface area (Å²) in [7, 11) is 0. The van der Waals surface area contributed by atoms with E-state index in [1.54, 1.807) is 0 Å². The summed E-state index contributed by atoms with van der Waals surface area (Å²) in [6, 6.07) is 8.72. The average Bonchev–Trinajstić information content (AvgIpc) is 2.61. The van der Waals surface area contributed by atoms with Gasteiger partial charge < -0.3 is 0 Å². The minimum Gasteiger partial charge on any atom is -0.292 e. The van der Waals surface area contributed by atoms with Crippen molar-refractivity contribution in [3.63, 3.8) is 0 Å². The van der Waals surface area contributed by atoms with E-state index in [1.807, 2.05) is 18.2 Å². The molecule has 0 saturated heterocycles. The molecule has 2 heteroatoms. The first-order valence-corrected chi connectivity index (χ1v) is 4.76. The van der Waals surface area contributed by atoms with Gasteiger partial charge in [-0.1, -0.05) is 35.9 Å². The lowest BCUT2D eigenvalue weighted by Gasteiger charge is -2.15. The zero-order valence-electron chi connectivity index (χ0n) is 7.33. The molecule has 1 radical (unpaired) electrons. The molecule has 1 nitrogen and oxygen atoms in total. The Hall–Kier alpha value is -0.790. The van der Waals surface area contributed by atoms with E-state index in [-0.39, 0.29) is 0 Å². The third kappa shape index (κ3) is 2.11. The molecule has 0 bridgehead atoms. The van der Waals surface area contributed by atoms with E-state index in [0.29, 0.717) is 0 Å². The smallest absolute Gasteiger partial charge is 0.0457 e. The van der Waals surface area contributed by atoms with Crippen LogP contribution in [-0.4, -0.2) is 18.0 Å². The number of hydrogen-bond acceptors (Lipinski definition) is 1. The second kappa shape index (κ2) is 3.95. The molecule has 0 spiro atoms. The van der Waals surface area contributed by atoms with E-state index in [0.717, 1.165) is 24.7 Å². The molecule has 13 heavy (non-hydrogen) atoms. The van der Waals surface area contributed by atoms with Gasteiger partial charge in [0.15, 0.2) is 0 Å². The van der Waals surface area contributed by atoms with Crippen LogP contribution in [0.2, 0.25) is 5.02 Å². The maximum atomic E-state index is 6.02. The predicted octanol–water partition coefficient (Wildman–Crippen LogP) is 2.51. The monoisotopic (exact) mass is 192 g/mol. The van der Waals surface area contributed by atoms with Crippen LogP contribution in [0.25, 0.3) is 0 Å². The van der Waals surface area contributed by atoms with Gasteiger partial charge in [0, 0.05) is 24.7 Å². The SMILES string of the molecule is Clc1c[c]ccc1CN1CC=CC1. The van der Waals surface area contributed by atoms with Gasteiger partial charge in [-0.05, 0) is 17.7 Å². The van der Waals surface area contributed by atoms with E-state index in [1.165, 1.54) is 5.56 Å². The maximum absolute atomic E-state index is 6.02. The number of hydrogen-bond donors (Lipinski definition) is 0. The lowest BCUT2D eigenvalue weighted by atomic mass is 10.2. The summed E-state index contributed by atoms with van der Waals surface area (Å²) >= 11 is 6.02. The van der Waals surface area contributed by atoms with Gasteiger partial charge in [0.2, 0.25) is 0 Å². The minimum atomic E-state index is 0.814. The Morgan fingerprint density at radius 3 is 2.85 bits per heavy atom. The molecule has 0 atom stereocenters. The molecule has 0 unspecified atom stereocenters. The first kappa shape index (κ1) is 8.79. The van der Waals surface area contributed by atoms with E-state index in [4.69, 9.17) is 11.6 Å². The quantitative estimate of drug-likeness (QED) is 0.651. The highest BCUT2D eigenvalue weighted by atomic mass is 35.5. The highest BCUT2D eigenvalue weighted by molar-refractivity contribution is 6.31. The lowest BCUT2D eigenvalue weighted by Crippen LogP contribution is -2.19. The molecule has 0 saturated carbocycles. The molecule has 1 aliphatic heterocycles. The zero-order valence-corrected chi connectivity index (χ0v) is 8.09. The Morgan fingerprint density at radius 2 is 2.15 bits per heavy atom. The summed E-state index contributed by atoms with van der Waals surface area (Å²) < 4.78 is 0. The molecule has 67 valence electrons. The largest absolute Gasteiger partial charge is 0.292 e. The Labute approximate surface area is 83.6 Å². The molecule has 1 aromatic rings. The number of halogens is 1. The summed E-state index contributed by atoms with van der Waals surface area (Å²) in [4.78, 5) is 2.33. The van der Waals surface area contributed by atoms with E-state index in [9.17, 15) is 0 Å². The van der Waals surface area contributed by atoms with Crippen molar-refractivity contribution in [2.45, 2.75) is 6.54 Å². The summed E-state index contributed by atoms with van der Waals surface area (Å²) in [5.41, 5.74) is 1.18. The molecule has 0 N–H and O–H groups in total. The Morgan fingerprint density at radius 1 is 1.38 bits per heavy atom. The summed E-state index contributed by atoms with van der Waals surface area (Å²) in [6.45, 7) is 3.00. The van der Waals surface area contributed by atoms with Gasteiger partial charge in [-0.25, -0.2) is 0 Å². The highest BCUT2D eigenvalue weighted by Crippen LogP contribution is 2.17. The molecule has 0 aromatic heterocycles. The zero-order chi connectivity index (χ0) is 9.10. The fourth-order valence-electron chi connectivity index (χ4n) is 1.46. The van der Waals surface area contributed by atoms with Crippen molar-refractivity contribution in [1.82, 2.24) is 4.90 Å². The summed E-state index contributed by atoms with van der Waals surface area (Å²) in [5, 5.41) is 0.814. The Bertz CT molecular complexity index is 312.